The third kappa shape index (κ3) is 2.42. The highest BCUT2D eigenvalue weighted by Gasteiger charge is 2.21. The number of rotatable bonds is 3. The molecule has 1 N–H and O–H groups in total. The van der Waals surface area contributed by atoms with E-state index in [9.17, 15) is 17.2 Å². The number of hydrogen-bond acceptors (Lipinski definition) is 4. The maximum Gasteiger partial charge on any atom is 0.266 e. The zero-order valence-electron chi connectivity index (χ0n) is 8.22. The molecular weight excluding hydrogens is 270 g/mol. The van der Waals surface area contributed by atoms with E-state index in [0.29, 0.717) is 0 Å². The normalized spacial score (nSPS) is 11.4. The van der Waals surface area contributed by atoms with E-state index >= 15 is 0 Å². The molecule has 0 atom stereocenters. The zero-order valence-corrected chi connectivity index (χ0v) is 9.86. The van der Waals surface area contributed by atoms with Gasteiger partial charge in [-0.3, -0.25) is 4.72 Å². The highest BCUT2D eigenvalue weighted by Crippen LogP contribution is 2.20. The van der Waals surface area contributed by atoms with Crippen LogP contribution in [0.3, 0.4) is 0 Å². The predicted octanol–water partition coefficient (Wildman–Crippen LogP) is 2.22. The van der Waals surface area contributed by atoms with Crippen LogP contribution in [-0.4, -0.2) is 13.4 Å². The number of nitrogens with one attached hydrogen (secondary N) is 1. The number of aromatic nitrogens is 1. The van der Waals surface area contributed by atoms with Crippen molar-refractivity contribution in [1.82, 2.24) is 4.98 Å². The van der Waals surface area contributed by atoms with Crippen LogP contribution in [-0.2, 0) is 10.0 Å². The van der Waals surface area contributed by atoms with Gasteiger partial charge >= 0.3 is 0 Å². The molecule has 0 spiro atoms. The molecule has 0 aliphatic rings. The molecule has 0 saturated carbocycles. The lowest BCUT2D eigenvalue weighted by molar-refractivity contribution is 0.485. The molecule has 0 amide bonds. The first kappa shape index (κ1) is 11.9. The van der Waals surface area contributed by atoms with Gasteiger partial charge in [0, 0.05) is 5.38 Å². The fraction of sp³-hybridized carbons (Fsp3) is 0. The van der Waals surface area contributed by atoms with Crippen LogP contribution in [0.4, 0.5) is 14.6 Å². The lowest BCUT2D eigenvalue weighted by Gasteiger charge is -2.06. The van der Waals surface area contributed by atoms with Crippen LogP contribution in [0.5, 0.6) is 0 Å². The summed E-state index contributed by atoms with van der Waals surface area (Å²) in [7, 11) is -4.16. The summed E-state index contributed by atoms with van der Waals surface area (Å²) >= 11 is 1.18. The summed E-state index contributed by atoms with van der Waals surface area (Å²) in [6, 6.07) is 2.94. The maximum absolute atomic E-state index is 13.3. The minimum absolute atomic E-state index is 0.0682. The third-order valence-electron chi connectivity index (χ3n) is 1.88. The Morgan fingerprint density at radius 3 is 2.71 bits per heavy atom. The van der Waals surface area contributed by atoms with E-state index in [2.05, 4.69) is 4.98 Å². The Morgan fingerprint density at radius 2 is 2.06 bits per heavy atom. The molecular formula is C9H6F2N2O2S2. The number of benzene rings is 1. The summed E-state index contributed by atoms with van der Waals surface area (Å²) in [5, 5.41) is 1.44. The predicted molar refractivity (Wildman–Crippen MR) is 59.3 cm³/mol. The third-order valence-corrected chi connectivity index (χ3v) is 3.84. The van der Waals surface area contributed by atoms with Crippen LogP contribution in [0.1, 0.15) is 0 Å². The highest BCUT2D eigenvalue weighted by atomic mass is 32.2. The topological polar surface area (TPSA) is 59.1 Å². The van der Waals surface area contributed by atoms with E-state index in [4.69, 9.17) is 0 Å². The van der Waals surface area contributed by atoms with E-state index in [1.165, 1.54) is 22.2 Å². The summed E-state index contributed by atoms with van der Waals surface area (Å²) < 4.78 is 51.7. The first-order valence-electron chi connectivity index (χ1n) is 4.36. The Hall–Kier alpha value is -1.54. The highest BCUT2D eigenvalue weighted by molar-refractivity contribution is 7.92. The van der Waals surface area contributed by atoms with Gasteiger partial charge in [-0.25, -0.2) is 22.2 Å². The molecule has 90 valence electrons. The van der Waals surface area contributed by atoms with Gasteiger partial charge in [-0.15, -0.1) is 11.3 Å². The minimum Gasteiger partial charge on any atom is -0.263 e. The zero-order chi connectivity index (χ0) is 12.5. The van der Waals surface area contributed by atoms with Gasteiger partial charge in [0.25, 0.3) is 10.0 Å². The van der Waals surface area contributed by atoms with Crippen molar-refractivity contribution in [3.05, 3.63) is 40.7 Å². The average Bonchev–Trinajstić information content (AvgIpc) is 2.73. The van der Waals surface area contributed by atoms with E-state index in [0.717, 1.165) is 18.2 Å². The molecule has 1 aromatic carbocycles. The number of halogens is 2. The van der Waals surface area contributed by atoms with E-state index in [-0.39, 0.29) is 5.82 Å². The SMILES string of the molecule is O=S(=O)(Nc1cscn1)c1cccc(F)c1F. The van der Waals surface area contributed by atoms with Gasteiger partial charge in [-0.2, -0.15) is 0 Å². The monoisotopic (exact) mass is 276 g/mol. The molecule has 0 unspecified atom stereocenters. The van der Waals surface area contributed by atoms with Crippen molar-refractivity contribution in [3.8, 4) is 0 Å². The van der Waals surface area contributed by atoms with Crippen molar-refractivity contribution in [1.29, 1.82) is 0 Å². The summed E-state index contributed by atoms with van der Waals surface area (Å²) in [5.41, 5.74) is 1.42. The van der Waals surface area contributed by atoms with Gasteiger partial charge in [-0.05, 0) is 12.1 Å². The van der Waals surface area contributed by atoms with Crippen molar-refractivity contribution in [3.63, 3.8) is 0 Å². The Balaban J connectivity index is 2.42. The number of sulfonamides is 1. The van der Waals surface area contributed by atoms with Gasteiger partial charge < -0.3 is 0 Å². The van der Waals surface area contributed by atoms with Gasteiger partial charge in [0.1, 0.15) is 4.90 Å². The molecule has 2 rings (SSSR count). The molecule has 2 aromatic rings. The van der Waals surface area contributed by atoms with Crippen LogP contribution in [0.15, 0.2) is 34.0 Å². The standard InChI is InChI=1S/C9H6F2N2O2S2/c10-6-2-1-3-7(9(6)11)17(14,15)13-8-4-16-5-12-8/h1-5,13H. The summed E-state index contributed by atoms with van der Waals surface area (Å²) in [5.74, 6) is -2.56. The van der Waals surface area contributed by atoms with Crippen molar-refractivity contribution >= 4 is 27.2 Å². The second-order valence-corrected chi connectivity index (χ2v) is 5.40. The van der Waals surface area contributed by atoms with Crippen molar-refractivity contribution < 1.29 is 17.2 Å². The molecule has 1 heterocycles. The van der Waals surface area contributed by atoms with Gasteiger partial charge in [-0.1, -0.05) is 6.07 Å². The Morgan fingerprint density at radius 1 is 1.29 bits per heavy atom. The van der Waals surface area contributed by atoms with Crippen LogP contribution < -0.4 is 4.72 Å². The Labute approximate surface area is 100.0 Å². The smallest absolute Gasteiger partial charge is 0.263 e. The van der Waals surface area contributed by atoms with Crippen LogP contribution >= 0.6 is 11.3 Å². The van der Waals surface area contributed by atoms with Crippen LogP contribution in [0.2, 0.25) is 0 Å². The molecule has 0 fully saturated rings. The molecule has 0 bridgehead atoms. The lowest BCUT2D eigenvalue weighted by atomic mass is 10.3. The average molecular weight is 276 g/mol. The van der Waals surface area contributed by atoms with E-state index < -0.39 is 26.6 Å². The largest absolute Gasteiger partial charge is 0.266 e. The lowest BCUT2D eigenvalue weighted by Crippen LogP contribution is -2.15. The summed E-state index contributed by atoms with van der Waals surface area (Å²) in [6.07, 6.45) is 0. The summed E-state index contributed by atoms with van der Waals surface area (Å²) in [4.78, 5) is 2.95. The number of nitrogens with zero attached hydrogens (tertiary/aromatic N) is 1. The van der Waals surface area contributed by atoms with E-state index in [1.54, 1.807) is 0 Å². The molecule has 0 radical (unpaired) electrons. The van der Waals surface area contributed by atoms with Gasteiger partial charge in [0.05, 0.1) is 5.51 Å². The van der Waals surface area contributed by atoms with E-state index in [1.807, 2.05) is 4.72 Å². The van der Waals surface area contributed by atoms with Crippen LogP contribution in [0.25, 0.3) is 0 Å². The first-order chi connectivity index (χ1) is 8.00. The quantitative estimate of drug-likeness (QED) is 0.935. The van der Waals surface area contributed by atoms with Crippen molar-refractivity contribution in [2.45, 2.75) is 4.90 Å². The summed E-state index contributed by atoms with van der Waals surface area (Å²) in [6.45, 7) is 0. The second kappa shape index (κ2) is 4.38. The second-order valence-electron chi connectivity index (χ2n) is 3.03. The van der Waals surface area contributed by atoms with Gasteiger partial charge in [0.2, 0.25) is 0 Å². The minimum atomic E-state index is -4.16. The number of hydrogen-bond donors (Lipinski definition) is 1. The molecule has 0 aliphatic heterocycles. The number of anilines is 1. The maximum atomic E-state index is 13.3. The Kier molecular flexibility index (Phi) is 3.07. The van der Waals surface area contributed by atoms with Crippen LogP contribution in [0, 0.1) is 11.6 Å². The molecule has 1 aromatic heterocycles. The first-order valence-corrected chi connectivity index (χ1v) is 6.78. The van der Waals surface area contributed by atoms with Gasteiger partial charge in [0.15, 0.2) is 17.5 Å². The van der Waals surface area contributed by atoms with Crippen molar-refractivity contribution in [2.24, 2.45) is 0 Å². The van der Waals surface area contributed by atoms with Crippen molar-refractivity contribution in [2.75, 3.05) is 4.72 Å². The Bertz CT molecular complexity index is 626. The fourth-order valence-corrected chi connectivity index (χ4v) is 2.79. The molecule has 0 aliphatic carbocycles. The molecule has 8 heteroatoms. The fourth-order valence-electron chi connectivity index (χ4n) is 1.15. The molecule has 17 heavy (non-hydrogen) atoms. The molecule has 0 saturated heterocycles. The molecule has 4 nitrogen and oxygen atoms in total. The number of thiazole rings is 1.